The first kappa shape index (κ1) is 19.7. The van der Waals surface area contributed by atoms with Crippen LogP contribution in [0.15, 0.2) is 70.1 Å². The normalized spacial score (nSPS) is 17.9. The molecule has 1 fully saturated rings. The zero-order chi connectivity index (χ0) is 20.3. The van der Waals surface area contributed by atoms with E-state index in [9.17, 15) is 13.2 Å². The van der Waals surface area contributed by atoms with Gasteiger partial charge in [0, 0.05) is 15.7 Å². The molecule has 1 aliphatic heterocycles. The van der Waals surface area contributed by atoms with Crippen molar-refractivity contribution in [3.05, 3.63) is 72.2 Å². The van der Waals surface area contributed by atoms with Crippen LogP contribution >= 0.6 is 11.8 Å². The van der Waals surface area contributed by atoms with E-state index in [1.165, 1.54) is 11.8 Å². The minimum atomic E-state index is -2.97. The third-order valence-electron chi connectivity index (χ3n) is 4.53. The van der Waals surface area contributed by atoms with Crippen molar-refractivity contribution < 1.29 is 22.4 Å². The van der Waals surface area contributed by atoms with Gasteiger partial charge in [0.15, 0.2) is 22.2 Å². The topological polar surface area (TPSA) is 86.5 Å². The van der Waals surface area contributed by atoms with E-state index < -0.39 is 15.8 Å². The molecule has 2 heterocycles. The number of carbonyl (C=O) groups excluding carboxylic acids is 1. The number of thioether (sulfide) groups is 1. The zero-order valence-corrected chi connectivity index (χ0v) is 17.1. The summed E-state index contributed by atoms with van der Waals surface area (Å²) in [5, 5.41) is -0.0471. The van der Waals surface area contributed by atoms with Gasteiger partial charge >= 0.3 is 5.97 Å². The Morgan fingerprint density at radius 3 is 2.66 bits per heavy atom. The van der Waals surface area contributed by atoms with E-state index in [4.69, 9.17) is 9.15 Å². The summed E-state index contributed by atoms with van der Waals surface area (Å²) in [5.41, 5.74) is 1.31. The third kappa shape index (κ3) is 4.89. The Kier molecular flexibility index (Phi) is 5.73. The number of hydrogen-bond acceptors (Lipinski definition) is 7. The Morgan fingerprint density at radius 1 is 1.14 bits per heavy atom. The molecule has 1 unspecified atom stereocenters. The number of hydrogen-bond donors (Lipinski definition) is 0. The van der Waals surface area contributed by atoms with Gasteiger partial charge in [-0.25, -0.2) is 18.2 Å². The molecule has 0 aliphatic carbocycles. The Hall–Kier alpha value is -2.58. The number of benzene rings is 2. The van der Waals surface area contributed by atoms with Crippen LogP contribution in [0, 0.1) is 0 Å². The number of oxazole rings is 1. The highest BCUT2D eigenvalue weighted by molar-refractivity contribution is 8.02. The summed E-state index contributed by atoms with van der Waals surface area (Å²) < 4.78 is 34.4. The fourth-order valence-corrected chi connectivity index (χ4v) is 6.71. The van der Waals surface area contributed by atoms with Crippen molar-refractivity contribution in [1.82, 2.24) is 4.98 Å². The minimum absolute atomic E-state index is 0.0471. The van der Waals surface area contributed by atoms with Gasteiger partial charge in [0.2, 0.25) is 5.89 Å². The van der Waals surface area contributed by atoms with Crippen molar-refractivity contribution in [3.63, 3.8) is 0 Å². The Bertz CT molecular complexity index is 1110. The molecule has 0 N–H and O–H groups in total. The van der Waals surface area contributed by atoms with E-state index in [2.05, 4.69) is 4.98 Å². The van der Waals surface area contributed by atoms with E-state index in [0.717, 1.165) is 10.5 Å². The lowest BCUT2D eigenvalue weighted by molar-refractivity contribution is 0.0435. The maximum Gasteiger partial charge on any atom is 0.339 e. The summed E-state index contributed by atoms with van der Waals surface area (Å²) >= 11 is 1.41. The lowest BCUT2D eigenvalue weighted by Crippen LogP contribution is -2.10. The SMILES string of the molecule is O=C(OCc1ncc(-c2ccccc2)o1)c1ccccc1SC1CCS(=O)(=O)C1. The van der Waals surface area contributed by atoms with E-state index in [-0.39, 0.29) is 23.4 Å². The predicted molar refractivity (Wildman–Crippen MR) is 110 cm³/mol. The molecule has 0 spiro atoms. The molecule has 1 atom stereocenters. The van der Waals surface area contributed by atoms with Crippen LogP contribution in [0.1, 0.15) is 22.7 Å². The Balaban J connectivity index is 1.41. The second-order valence-electron chi connectivity index (χ2n) is 6.70. The van der Waals surface area contributed by atoms with Crippen LogP contribution in [0.4, 0.5) is 0 Å². The average Bonchev–Trinajstić information content (AvgIpc) is 3.33. The fourth-order valence-electron chi connectivity index (χ4n) is 3.09. The van der Waals surface area contributed by atoms with Crippen molar-refractivity contribution in [2.24, 2.45) is 0 Å². The Labute approximate surface area is 173 Å². The van der Waals surface area contributed by atoms with E-state index >= 15 is 0 Å². The summed E-state index contributed by atoms with van der Waals surface area (Å²) in [5.74, 6) is 0.762. The van der Waals surface area contributed by atoms with Crippen LogP contribution in [0.2, 0.25) is 0 Å². The standard InChI is InChI=1S/C21H19NO5S2/c23-21(26-13-20-22-12-18(27-20)15-6-2-1-3-7-15)17-8-4-5-9-19(17)28-16-10-11-29(24,25)14-16/h1-9,12,16H,10-11,13-14H2. The highest BCUT2D eigenvalue weighted by atomic mass is 32.2. The van der Waals surface area contributed by atoms with Gasteiger partial charge in [-0.3, -0.25) is 0 Å². The first-order valence-electron chi connectivity index (χ1n) is 9.13. The number of nitrogens with zero attached hydrogens (tertiary/aromatic N) is 1. The van der Waals surface area contributed by atoms with Gasteiger partial charge in [0.05, 0.1) is 23.3 Å². The third-order valence-corrected chi connectivity index (χ3v) is 7.85. The van der Waals surface area contributed by atoms with E-state index in [0.29, 0.717) is 23.6 Å². The Morgan fingerprint density at radius 2 is 1.90 bits per heavy atom. The highest BCUT2D eigenvalue weighted by Gasteiger charge is 2.29. The van der Waals surface area contributed by atoms with Crippen molar-refractivity contribution in [2.75, 3.05) is 11.5 Å². The molecule has 2 aromatic carbocycles. The molecule has 150 valence electrons. The molecule has 6 nitrogen and oxygen atoms in total. The van der Waals surface area contributed by atoms with Crippen molar-refractivity contribution in [2.45, 2.75) is 23.2 Å². The average molecular weight is 430 g/mol. The van der Waals surface area contributed by atoms with Crippen LogP contribution in [-0.4, -0.2) is 36.1 Å². The summed E-state index contributed by atoms with van der Waals surface area (Å²) in [6, 6.07) is 16.6. The van der Waals surface area contributed by atoms with Gasteiger partial charge in [-0.1, -0.05) is 42.5 Å². The van der Waals surface area contributed by atoms with Gasteiger partial charge in [-0.2, -0.15) is 0 Å². The first-order chi connectivity index (χ1) is 14.0. The number of sulfone groups is 1. The lowest BCUT2D eigenvalue weighted by atomic mass is 10.2. The number of rotatable bonds is 6. The smallest absolute Gasteiger partial charge is 0.339 e. The summed E-state index contributed by atoms with van der Waals surface area (Å²) in [4.78, 5) is 17.5. The largest absolute Gasteiger partial charge is 0.452 e. The molecule has 29 heavy (non-hydrogen) atoms. The number of ether oxygens (including phenoxy) is 1. The predicted octanol–water partition coefficient (Wildman–Crippen LogP) is 3.98. The van der Waals surface area contributed by atoms with Crippen LogP contribution in [0.25, 0.3) is 11.3 Å². The molecule has 0 amide bonds. The molecular formula is C21H19NO5S2. The molecule has 4 rings (SSSR count). The molecule has 0 radical (unpaired) electrons. The molecule has 3 aromatic rings. The minimum Gasteiger partial charge on any atom is -0.452 e. The molecule has 8 heteroatoms. The second kappa shape index (κ2) is 8.42. The quantitative estimate of drug-likeness (QED) is 0.548. The molecule has 1 aliphatic rings. The van der Waals surface area contributed by atoms with Gasteiger partial charge in [0.25, 0.3) is 0 Å². The fraction of sp³-hybridized carbons (Fsp3) is 0.238. The number of esters is 1. The number of aromatic nitrogens is 1. The number of carbonyl (C=O) groups is 1. The lowest BCUT2D eigenvalue weighted by Gasteiger charge is -2.11. The van der Waals surface area contributed by atoms with Crippen molar-refractivity contribution in [3.8, 4) is 11.3 Å². The molecule has 0 saturated carbocycles. The first-order valence-corrected chi connectivity index (χ1v) is 11.8. The molecule has 0 bridgehead atoms. The van der Waals surface area contributed by atoms with Gasteiger partial charge in [0.1, 0.15) is 0 Å². The van der Waals surface area contributed by atoms with Crippen LogP contribution < -0.4 is 0 Å². The molecule has 1 aromatic heterocycles. The highest BCUT2D eigenvalue weighted by Crippen LogP contribution is 2.33. The summed E-state index contributed by atoms with van der Waals surface area (Å²) in [6.45, 7) is -0.0809. The van der Waals surface area contributed by atoms with E-state index in [1.54, 1.807) is 18.3 Å². The van der Waals surface area contributed by atoms with Crippen LogP contribution in [0.3, 0.4) is 0 Å². The van der Waals surface area contributed by atoms with Crippen molar-refractivity contribution in [1.29, 1.82) is 0 Å². The van der Waals surface area contributed by atoms with Gasteiger partial charge < -0.3 is 9.15 Å². The maximum atomic E-state index is 12.6. The summed E-state index contributed by atoms with van der Waals surface area (Å²) in [7, 11) is -2.97. The zero-order valence-electron chi connectivity index (χ0n) is 15.5. The van der Waals surface area contributed by atoms with Crippen LogP contribution in [-0.2, 0) is 21.2 Å². The second-order valence-corrected chi connectivity index (χ2v) is 10.3. The van der Waals surface area contributed by atoms with Crippen LogP contribution in [0.5, 0.6) is 0 Å². The van der Waals surface area contributed by atoms with Gasteiger partial charge in [-0.15, -0.1) is 11.8 Å². The molecular weight excluding hydrogens is 410 g/mol. The summed E-state index contributed by atoms with van der Waals surface area (Å²) in [6.07, 6.45) is 2.19. The van der Waals surface area contributed by atoms with E-state index in [1.807, 2.05) is 42.5 Å². The monoisotopic (exact) mass is 429 g/mol. The van der Waals surface area contributed by atoms with Gasteiger partial charge in [-0.05, 0) is 18.6 Å². The van der Waals surface area contributed by atoms with Crippen molar-refractivity contribution >= 4 is 27.6 Å². The maximum absolute atomic E-state index is 12.6. The molecule has 1 saturated heterocycles.